The van der Waals surface area contributed by atoms with Gasteiger partial charge >= 0.3 is 0 Å². The largest absolute Gasteiger partial charge is 0.497 e. The van der Waals surface area contributed by atoms with Crippen LogP contribution in [0, 0.1) is 0 Å². The number of aromatic amines is 1. The molecule has 1 atom stereocenters. The number of H-pyrrole nitrogens is 1. The number of hydrogen-bond donors (Lipinski definition) is 2. The Balaban J connectivity index is 1.42. The predicted octanol–water partition coefficient (Wildman–Crippen LogP) is 6.03. The number of hydrogen-bond acceptors (Lipinski definition) is 5. The van der Waals surface area contributed by atoms with E-state index < -0.39 is 6.04 Å². The molecule has 0 radical (unpaired) electrons. The Hall–Kier alpha value is -5.47. The highest BCUT2D eigenvalue weighted by Crippen LogP contribution is 2.33. The smallest absolute Gasteiger partial charge is 0.271 e. The van der Waals surface area contributed by atoms with Crippen LogP contribution in [0.15, 0.2) is 130 Å². The van der Waals surface area contributed by atoms with E-state index in [9.17, 15) is 9.59 Å². The lowest BCUT2D eigenvalue weighted by Gasteiger charge is -2.25. The normalized spacial score (nSPS) is 14.8. The van der Waals surface area contributed by atoms with Crippen molar-refractivity contribution in [2.45, 2.75) is 13.0 Å². The van der Waals surface area contributed by atoms with E-state index in [1.165, 1.54) is 11.3 Å². The predicted molar refractivity (Wildman–Crippen MR) is 176 cm³/mol. The first-order chi connectivity index (χ1) is 21.5. The summed E-state index contributed by atoms with van der Waals surface area (Å²) in [6, 6.07) is 34.2. The Bertz CT molecular complexity index is 2230. The van der Waals surface area contributed by atoms with Gasteiger partial charge in [-0.25, -0.2) is 4.99 Å². The van der Waals surface area contributed by atoms with E-state index in [1.807, 2.05) is 116 Å². The van der Waals surface area contributed by atoms with Gasteiger partial charge in [-0.05, 0) is 54.5 Å². The number of para-hydroxylation sites is 2. The molecule has 0 fully saturated rings. The second kappa shape index (κ2) is 11.3. The molecule has 44 heavy (non-hydrogen) atoms. The fraction of sp³-hybridized carbons (Fsp3) is 0.0833. The van der Waals surface area contributed by atoms with E-state index in [4.69, 9.17) is 9.73 Å². The van der Waals surface area contributed by atoms with E-state index >= 15 is 0 Å². The molecule has 3 heterocycles. The summed E-state index contributed by atoms with van der Waals surface area (Å²) in [5.74, 6) is 0.375. The van der Waals surface area contributed by atoms with Crippen LogP contribution < -0.4 is 24.9 Å². The van der Waals surface area contributed by atoms with E-state index in [0.717, 1.165) is 33.3 Å². The Labute approximate surface area is 257 Å². The number of amides is 1. The van der Waals surface area contributed by atoms with Crippen LogP contribution in [0.2, 0.25) is 0 Å². The van der Waals surface area contributed by atoms with Gasteiger partial charge in [-0.3, -0.25) is 14.2 Å². The van der Waals surface area contributed by atoms with Crippen molar-refractivity contribution in [3.05, 3.63) is 151 Å². The number of allylic oxidation sites excluding steroid dienone is 1. The van der Waals surface area contributed by atoms with Crippen molar-refractivity contribution in [2.75, 3.05) is 12.4 Å². The molecule has 7 rings (SSSR count). The highest BCUT2D eigenvalue weighted by atomic mass is 32.1. The molecule has 1 aliphatic rings. The van der Waals surface area contributed by atoms with Gasteiger partial charge in [-0.1, -0.05) is 90.2 Å². The lowest BCUT2D eigenvalue weighted by atomic mass is 9.95. The third kappa shape index (κ3) is 4.85. The molecule has 2 N–H and O–H groups in total. The van der Waals surface area contributed by atoms with E-state index in [1.54, 1.807) is 11.7 Å². The lowest BCUT2D eigenvalue weighted by Crippen LogP contribution is -2.40. The Morgan fingerprint density at radius 1 is 0.932 bits per heavy atom. The third-order valence-electron chi connectivity index (χ3n) is 7.81. The molecule has 0 unspecified atom stereocenters. The molecule has 0 bridgehead atoms. The van der Waals surface area contributed by atoms with Gasteiger partial charge < -0.3 is 15.0 Å². The minimum atomic E-state index is -0.681. The number of nitrogens with one attached hydrogen (secondary N) is 2. The van der Waals surface area contributed by atoms with Crippen LogP contribution in [0.1, 0.15) is 24.1 Å². The van der Waals surface area contributed by atoms with Crippen LogP contribution in [-0.2, 0) is 4.79 Å². The van der Waals surface area contributed by atoms with E-state index in [-0.39, 0.29) is 11.5 Å². The molecular formula is C36H28N4O3S. The fourth-order valence-corrected chi connectivity index (χ4v) is 6.74. The molecule has 1 aliphatic heterocycles. The van der Waals surface area contributed by atoms with Gasteiger partial charge in [0.15, 0.2) is 4.80 Å². The van der Waals surface area contributed by atoms with Gasteiger partial charge in [0.2, 0.25) is 0 Å². The molecule has 6 aromatic rings. The van der Waals surface area contributed by atoms with Gasteiger partial charge in [0.1, 0.15) is 5.75 Å². The number of anilines is 1. The summed E-state index contributed by atoms with van der Waals surface area (Å²) in [4.78, 5) is 37.1. The SMILES string of the molecule is COc1ccc([C@H]2C(C(=O)Nc3ccccc3)=C(C)N=c3s/c(=C/c4c(-c5ccccc5)[nH]c5ccccc45)c(=O)n32)cc1. The number of fused-ring (bicyclic) bond motifs is 2. The van der Waals surface area contributed by atoms with Gasteiger partial charge in [0, 0.05) is 22.2 Å². The fourth-order valence-electron chi connectivity index (χ4n) is 5.71. The minimum absolute atomic E-state index is 0.212. The van der Waals surface area contributed by atoms with E-state index in [0.29, 0.717) is 32.0 Å². The number of methoxy groups -OCH3 is 1. The summed E-state index contributed by atoms with van der Waals surface area (Å²) in [5, 5.41) is 4.01. The van der Waals surface area contributed by atoms with Crippen LogP contribution in [0.3, 0.4) is 0 Å². The molecule has 7 nitrogen and oxygen atoms in total. The summed E-state index contributed by atoms with van der Waals surface area (Å²) >= 11 is 1.32. The highest BCUT2D eigenvalue weighted by molar-refractivity contribution is 7.07. The van der Waals surface area contributed by atoms with Crippen molar-refractivity contribution in [1.29, 1.82) is 0 Å². The Morgan fingerprint density at radius 3 is 2.34 bits per heavy atom. The number of carbonyl (C=O) groups is 1. The zero-order valence-electron chi connectivity index (χ0n) is 24.1. The number of ether oxygens (including phenoxy) is 1. The first-order valence-corrected chi connectivity index (χ1v) is 15.0. The number of rotatable bonds is 6. The second-order valence-corrected chi connectivity index (χ2v) is 11.5. The first-order valence-electron chi connectivity index (χ1n) is 14.2. The lowest BCUT2D eigenvalue weighted by molar-refractivity contribution is -0.113. The van der Waals surface area contributed by atoms with Crippen molar-refractivity contribution < 1.29 is 9.53 Å². The molecule has 0 aliphatic carbocycles. The number of thiazole rings is 1. The number of nitrogens with zero attached hydrogens (tertiary/aromatic N) is 2. The van der Waals surface area contributed by atoms with Crippen LogP contribution in [0.4, 0.5) is 5.69 Å². The van der Waals surface area contributed by atoms with Gasteiger partial charge in [0.05, 0.1) is 34.6 Å². The quantitative estimate of drug-likeness (QED) is 0.246. The van der Waals surface area contributed by atoms with Crippen LogP contribution in [-0.4, -0.2) is 22.6 Å². The monoisotopic (exact) mass is 596 g/mol. The molecular weight excluding hydrogens is 568 g/mol. The molecule has 216 valence electrons. The van der Waals surface area contributed by atoms with Gasteiger partial charge in [-0.15, -0.1) is 0 Å². The molecule has 0 saturated carbocycles. The summed E-state index contributed by atoms with van der Waals surface area (Å²) < 4.78 is 7.56. The van der Waals surface area contributed by atoms with Crippen LogP contribution >= 0.6 is 11.3 Å². The topological polar surface area (TPSA) is 88.5 Å². The number of benzene rings is 4. The highest BCUT2D eigenvalue weighted by Gasteiger charge is 2.32. The Kier molecular flexibility index (Phi) is 7.04. The summed E-state index contributed by atoms with van der Waals surface area (Å²) in [6.07, 6.45) is 1.94. The molecule has 1 amide bonds. The standard InChI is InChI=1S/C36H28N4O3S/c1-22-31(34(41)38-25-13-7-4-8-14-25)33(24-17-19-26(43-2)20-18-24)40-35(42)30(44-36(40)37-22)21-28-27-15-9-10-16-29(27)39-32(28)23-11-5-3-6-12-23/h3-21,33,39H,1-2H3,(H,38,41)/b30-21+/t33-/m0/s1. The average molecular weight is 597 g/mol. The maximum atomic E-state index is 14.4. The Morgan fingerprint density at radius 2 is 1.61 bits per heavy atom. The third-order valence-corrected chi connectivity index (χ3v) is 8.80. The van der Waals surface area contributed by atoms with Crippen molar-refractivity contribution in [3.8, 4) is 17.0 Å². The van der Waals surface area contributed by atoms with Gasteiger partial charge in [-0.2, -0.15) is 0 Å². The zero-order valence-corrected chi connectivity index (χ0v) is 24.9. The maximum absolute atomic E-state index is 14.4. The molecule has 4 aromatic carbocycles. The van der Waals surface area contributed by atoms with Crippen molar-refractivity contribution >= 4 is 39.9 Å². The van der Waals surface area contributed by atoms with Crippen molar-refractivity contribution in [1.82, 2.24) is 9.55 Å². The van der Waals surface area contributed by atoms with Gasteiger partial charge in [0.25, 0.3) is 11.5 Å². The zero-order chi connectivity index (χ0) is 30.2. The minimum Gasteiger partial charge on any atom is -0.497 e. The molecule has 2 aromatic heterocycles. The second-order valence-electron chi connectivity index (χ2n) is 10.5. The summed E-state index contributed by atoms with van der Waals surface area (Å²) in [7, 11) is 1.61. The van der Waals surface area contributed by atoms with E-state index in [2.05, 4.69) is 16.4 Å². The van der Waals surface area contributed by atoms with Crippen LogP contribution in [0.25, 0.3) is 28.2 Å². The average Bonchev–Trinajstić information content (AvgIpc) is 3.58. The summed E-state index contributed by atoms with van der Waals surface area (Å²) in [6.45, 7) is 1.82. The first kappa shape index (κ1) is 27.4. The summed E-state index contributed by atoms with van der Waals surface area (Å²) in [5.41, 5.74) is 6.07. The number of aromatic nitrogens is 2. The molecule has 0 spiro atoms. The van der Waals surface area contributed by atoms with Crippen molar-refractivity contribution in [3.63, 3.8) is 0 Å². The van der Waals surface area contributed by atoms with Crippen molar-refractivity contribution in [2.24, 2.45) is 4.99 Å². The maximum Gasteiger partial charge on any atom is 0.271 e. The van der Waals surface area contributed by atoms with Crippen LogP contribution in [0.5, 0.6) is 5.75 Å². The number of carbonyl (C=O) groups excluding carboxylic acids is 1. The molecule has 8 heteroatoms. The molecule has 0 saturated heterocycles.